The van der Waals surface area contributed by atoms with E-state index >= 15 is 0 Å². The Morgan fingerprint density at radius 3 is 2.88 bits per heavy atom. The summed E-state index contributed by atoms with van der Waals surface area (Å²) in [6.07, 6.45) is 2.03. The fourth-order valence-electron chi connectivity index (χ4n) is 2.68. The predicted octanol–water partition coefficient (Wildman–Crippen LogP) is 2.72. The standard InChI is InChI=1S/C14H18N2/c1-8(2)9-3-4-13-11(5-9)12-6-10(15)7-14(12)16-13/h3-5,8,10,16H,6-7,15H2,1-2H3. The number of hydrogen-bond donors (Lipinski definition) is 2. The first-order valence-corrected chi connectivity index (χ1v) is 6.04. The van der Waals surface area contributed by atoms with Crippen molar-refractivity contribution in [3.8, 4) is 0 Å². The zero-order valence-corrected chi connectivity index (χ0v) is 9.88. The van der Waals surface area contributed by atoms with Crippen molar-refractivity contribution < 1.29 is 0 Å². The predicted molar refractivity (Wildman–Crippen MR) is 67.8 cm³/mol. The van der Waals surface area contributed by atoms with Crippen molar-refractivity contribution in [1.82, 2.24) is 4.98 Å². The highest BCUT2D eigenvalue weighted by atomic mass is 14.8. The number of rotatable bonds is 1. The van der Waals surface area contributed by atoms with E-state index in [0.29, 0.717) is 12.0 Å². The molecule has 3 N–H and O–H groups in total. The molecule has 0 aliphatic heterocycles. The molecule has 2 heteroatoms. The van der Waals surface area contributed by atoms with Gasteiger partial charge in [0.2, 0.25) is 0 Å². The Labute approximate surface area is 95.8 Å². The molecule has 16 heavy (non-hydrogen) atoms. The van der Waals surface area contributed by atoms with Crippen molar-refractivity contribution in [1.29, 1.82) is 0 Å². The van der Waals surface area contributed by atoms with Gasteiger partial charge < -0.3 is 10.7 Å². The second kappa shape index (κ2) is 3.36. The molecule has 1 aromatic heterocycles. The summed E-state index contributed by atoms with van der Waals surface area (Å²) in [5.74, 6) is 0.588. The quantitative estimate of drug-likeness (QED) is 0.753. The summed E-state index contributed by atoms with van der Waals surface area (Å²) in [4.78, 5) is 3.49. The lowest BCUT2D eigenvalue weighted by Crippen LogP contribution is -2.19. The molecule has 0 amide bonds. The third kappa shape index (κ3) is 1.37. The first kappa shape index (κ1) is 9.91. The van der Waals surface area contributed by atoms with E-state index < -0.39 is 0 Å². The molecule has 0 spiro atoms. The lowest BCUT2D eigenvalue weighted by molar-refractivity contribution is 0.716. The van der Waals surface area contributed by atoms with E-state index in [1.807, 2.05) is 0 Å². The van der Waals surface area contributed by atoms with Gasteiger partial charge in [-0.25, -0.2) is 0 Å². The first-order valence-electron chi connectivity index (χ1n) is 6.04. The molecular weight excluding hydrogens is 196 g/mol. The fourth-order valence-corrected chi connectivity index (χ4v) is 2.68. The van der Waals surface area contributed by atoms with Gasteiger partial charge in [0.05, 0.1) is 0 Å². The Morgan fingerprint density at radius 2 is 2.12 bits per heavy atom. The number of aromatic amines is 1. The molecule has 84 valence electrons. The minimum atomic E-state index is 0.313. The van der Waals surface area contributed by atoms with E-state index in [1.54, 1.807) is 0 Å². The highest BCUT2D eigenvalue weighted by Crippen LogP contribution is 2.31. The highest BCUT2D eigenvalue weighted by molar-refractivity contribution is 5.86. The Morgan fingerprint density at radius 1 is 1.31 bits per heavy atom. The lowest BCUT2D eigenvalue weighted by Gasteiger charge is -2.06. The molecule has 0 saturated heterocycles. The van der Waals surface area contributed by atoms with Crippen molar-refractivity contribution in [3.05, 3.63) is 35.0 Å². The van der Waals surface area contributed by atoms with Gasteiger partial charge in [0.1, 0.15) is 0 Å². The van der Waals surface area contributed by atoms with Gasteiger partial charge in [-0.3, -0.25) is 0 Å². The van der Waals surface area contributed by atoms with Crippen LogP contribution in [0.4, 0.5) is 0 Å². The van der Waals surface area contributed by atoms with E-state index in [4.69, 9.17) is 5.73 Å². The fraction of sp³-hybridized carbons (Fsp3) is 0.429. The Kier molecular flexibility index (Phi) is 2.08. The molecular formula is C14H18N2. The van der Waals surface area contributed by atoms with Crippen molar-refractivity contribution >= 4 is 10.9 Å². The van der Waals surface area contributed by atoms with E-state index in [2.05, 4.69) is 37.0 Å². The Balaban J connectivity index is 2.19. The normalized spacial score (nSPS) is 19.6. The molecule has 2 aromatic rings. The minimum Gasteiger partial charge on any atom is -0.358 e. The summed E-state index contributed by atoms with van der Waals surface area (Å²) in [5, 5.41) is 1.38. The van der Waals surface area contributed by atoms with Gasteiger partial charge in [0, 0.05) is 29.1 Å². The third-order valence-electron chi connectivity index (χ3n) is 3.62. The molecule has 1 aliphatic rings. The number of fused-ring (bicyclic) bond motifs is 3. The summed E-state index contributed by atoms with van der Waals surface area (Å²) >= 11 is 0. The molecule has 0 saturated carbocycles. The maximum atomic E-state index is 6.00. The number of nitrogens with two attached hydrogens (primary N) is 1. The van der Waals surface area contributed by atoms with Crippen molar-refractivity contribution in [2.24, 2.45) is 5.73 Å². The molecule has 1 unspecified atom stereocenters. The zero-order valence-electron chi connectivity index (χ0n) is 9.88. The van der Waals surface area contributed by atoms with Gasteiger partial charge in [0.15, 0.2) is 0 Å². The van der Waals surface area contributed by atoms with Crippen LogP contribution >= 0.6 is 0 Å². The molecule has 1 aromatic carbocycles. The van der Waals surface area contributed by atoms with Gasteiger partial charge >= 0.3 is 0 Å². The van der Waals surface area contributed by atoms with Crippen molar-refractivity contribution in [2.75, 3.05) is 0 Å². The van der Waals surface area contributed by atoms with E-state index in [-0.39, 0.29) is 0 Å². The number of nitrogens with one attached hydrogen (secondary N) is 1. The second-order valence-electron chi connectivity index (χ2n) is 5.21. The van der Waals surface area contributed by atoms with Crippen molar-refractivity contribution in [3.63, 3.8) is 0 Å². The largest absolute Gasteiger partial charge is 0.358 e. The monoisotopic (exact) mass is 214 g/mol. The third-order valence-corrected chi connectivity index (χ3v) is 3.62. The molecule has 0 bridgehead atoms. The topological polar surface area (TPSA) is 41.8 Å². The van der Waals surface area contributed by atoms with Gasteiger partial charge in [0.25, 0.3) is 0 Å². The molecule has 1 atom stereocenters. The molecule has 1 aliphatic carbocycles. The van der Waals surface area contributed by atoms with Crippen LogP contribution in [-0.2, 0) is 12.8 Å². The molecule has 0 radical (unpaired) electrons. The SMILES string of the molecule is CC(C)c1ccc2[nH]c3c(c2c1)CC(N)C3. The summed E-state index contributed by atoms with van der Waals surface area (Å²) in [6, 6.07) is 7.06. The Hall–Kier alpha value is -1.28. The van der Waals surface area contributed by atoms with Crippen LogP contribution in [0, 0.1) is 0 Å². The number of hydrogen-bond acceptors (Lipinski definition) is 1. The average molecular weight is 214 g/mol. The summed E-state index contributed by atoms with van der Waals surface area (Å²) in [5.41, 5.74) is 11.5. The van der Waals surface area contributed by atoms with E-state index in [1.165, 1.54) is 27.7 Å². The van der Waals surface area contributed by atoms with Gasteiger partial charge in [-0.05, 0) is 35.6 Å². The summed E-state index contributed by atoms with van der Waals surface area (Å²) < 4.78 is 0. The van der Waals surface area contributed by atoms with Crippen LogP contribution in [0.15, 0.2) is 18.2 Å². The molecule has 1 heterocycles. The molecule has 3 rings (SSSR count). The van der Waals surface area contributed by atoms with Crippen LogP contribution in [0.3, 0.4) is 0 Å². The minimum absolute atomic E-state index is 0.313. The van der Waals surface area contributed by atoms with Crippen molar-refractivity contribution in [2.45, 2.75) is 38.6 Å². The number of aromatic nitrogens is 1. The van der Waals surface area contributed by atoms with E-state index in [9.17, 15) is 0 Å². The average Bonchev–Trinajstić information content (AvgIpc) is 2.72. The summed E-state index contributed by atoms with van der Waals surface area (Å²) in [7, 11) is 0. The van der Waals surface area contributed by atoms with Crippen LogP contribution in [0.5, 0.6) is 0 Å². The molecule has 2 nitrogen and oxygen atoms in total. The maximum absolute atomic E-state index is 6.00. The van der Waals surface area contributed by atoms with Gasteiger partial charge in [-0.1, -0.05) is 19.9 Å². The number of benzene rings is 1. The van der Waals surface area contributed by atoms with Gasteiger partial charge in [-0.15, -0.1) is 0 Å². The number of H-pyrrole nitrogens is 1. The van der Waals surface area contributed by atoms with Crippen LogP contribution in [0.25, 0.3) is 10.9 Å². The smallest absolute Gasteiger partial charge is 0.0459 e. The maximum Gasteiger partial charge on any atom is 0.0459 e. The molecule has 0 fully saturated rings. The van der Waals surface area contributed by atoms with Gasteiger partial charge in [-0.2, -0.15) is 0 Å². The lowest BCUT2D eigenvalue weighted by atomic mass is 10.00. The van der Waals surface area contributed by atoms with E-state index in [0.717, 1.165) is 12.8 Å². The zero-order chi connectivity index (χ0) is 11.3. The van der Waals surface area contributed by atoms with Crippen LogP contribution < -0.4 is 5.73 Å². The second-order valence-corrected chi connectivity index (χ2v) is 5.21. The first-order chi connectivity index (χ1) is 7.65. The highest BCUT2D eigenvalue weighted by Gasteiger charge is 2.22. The van der Waals surface area contributed by atoms with Crippen LogP contribution in [0.1, 0.15) is 36.6 Å². The Bertz CT molecular complexity index is 537. The van der Waals surface area contributed by atoms with Crippen LogP contribution in [0.2, 0.25) is 0 Å². The van der Waals surface area contributed by atoms with Crippen LogP contribution in [-0.4, -0.2) is 11.0 Å². The summed E-state index contributed by atoms with van der Waals surface area (Å²) in [6.45, 7) is 4.47.